The Kier molecular flexibility index (Phi) is 6.27. The fraction of sp³-hybridized carbons (Fsp3) is 0.533. The van der Waals surface area contributed by atoms with E-state index in [9.17, 15) is 26.4 Å². The highest BCUT2D eigenvalue weighted by atomic mass is 32.2. The van der Waals surface area contributed by atoms with Crippen LogP contribution in [0.5, 0.6) is 0 Å². The average molecular weight is 394 g/mol. The zero-order chi connectivity index (χ0) is 19.5. The Hall–Kier alpha value is -1.69. The molecule has 1 aliphatic rings. The third-order valence-electron chi connectivity index (χ3n) is 3.96. The molecule has 1 aromatic carbocycles. The molecule has 7 nitrogen and oxygen atoms in total. The zero-order valence-electron chi connectivity index (χ0n) is 14.5. The molecule has 1 aliphatic heterocycles. The molecule has 1 aromatic rings. The lowest BCUT2D eigenvalue weighted by Gasteiger charge is -2.34. The van der Waals surface area contributed by atoms with Crippen molar-refractivity contribution in [3.05, 3.63) is 29.8 Å². The van der Waals surface area contributed by atoms with E-state index in [4.69, 9.17) is 0 Å². The summed E-state index contributed by atoms with van der Waals surface area (Å²) in [5.41, 5.74) is -0.767. The van der Waals surface area contributed by atoms with Crippen molar-refractivity contribution in [2.24, 2.45) is 0 Å². The van der Waals surface area contributed by atoms with Gasteiger partial charge in [0.25, 0.3) is 10.2 Å². The van der Waals surface area contributed by atoms with Crippen LogP contribution in [0.25, 0.3) is 0 Å². The van der Waals surface area contributed by atoms with E-state index in [2.05, 4.69) is 5.32 Å². The van der Waals surface area contributed by atoms with Crippen LogP contribution in [0.1, 0.15) is 5.56 Å². The Morgan fingerprint density at radius 2 is 1.81 bits per heavy atom. The second kappa shape index (κ2) is 7.91. The molecule has 0 atom stereocenters. The van der Waals surface area contributed by atoms with Gasteiger partial charge in [-0.2, -0.15) is 30.2 Å². The van der Waals surface area contributed by atoms with E-state index in [0.29, 0.717) is 13.1 Å². The van der Waals surface area contributed by atoms with Crippen LogP contribution in [0, 0.1) is 0 Å². The van der Waals surface area contributed by atoms with Crippen molar-refractivity contribution in [1.82, 2.24) is 13.5 Å². The van der Waals surface area contributed by atoms with Gasteiger partial charge < -0.3 is 5.32 Å². The van der Waals surface area contributed by atoms with Gasteiger partial charge in [0.15, 0.2) is 0 Å². The lowest BCUT2D eigenvalue weighted by Crippen LogP contribution is -2.52. The quantitative estimate of drug-likeness (QED) is 0.811. The number of rotatable bonds is 5. The molecule has 1 heterocycles. The molecular weight excluding hydrogens is 373 g/mol. The summed E-state index contributed by atoms with van der Waals surface area (Å²) in [6.45, 7) is 1.20. The van der Waals surface area contributed by atoms with Crippen molar-refractivity contribution in [2.75, 3.05) is 52.1 Å². The van der Waals surface area contributed by atoms with Gasteiger partial charge in [0.2, 0.25) is 5.91 Å². The normalized spacial score (nSPS) is 17.5. The van der Waals surface area contributed by atoms with Crippen molar-refractivity contribution in [1.29, 1.82) is 0 Å². The van der Waals surface area contributed by atoms with Gasteiger partial charge in [0.05, 0.1) is 12.1 Å². The number of piperazine rings is 1. The SMILES string of the molecule is CN(C)S(=O)(=O)N1CCN(CC(=O)Nc2cccc(C(F)(F)F)c2)CC1. The summed E-state index contributed by atoms with van der Waals surface area (Å²) >= 11 is 0. The van der Waals surface area contributed by atoms with Crippen molar-refractivity contribution in [2.45, 2.75) is 6.18 Å². The number of halogens is 3. The average Bonchev–Trinajstić information content (AvgIpc) is 2.54. The molecule has 0 bridgehead atoms. The number of alkyl halides is 3. The molecule has 1 amide bonds. The van der Waals surface area contributed by atoms with Gasteiger partial charge in [-0.3, -0.25) is 9.69 Å². The van der Waals surface area contributed by atoms with Crippen LogP contribution in [-0.4, -0.2) is 74.7 Å². The highest BCUT2D eigenvalue weighted by molar-refractivity contribution is 7.86. The minimum Gasteiger partial charge on any atom is -0.325 e. The Morgan fingerprint density at radius 3 is 2.35 bits per heavy atom. The van der Waals surface area contributed by atoms with Crippen LogP contribution >= 0.6 is 0 Å². The van der Waals surface area contributed by atoms with E-state index in [1.54, 1.807) is 4.90 Å². The summed E-state index contributed by atoms with van der Waals surface area (Å²) in [5.74, 6) is -0.451. The first-order valence-electron chi connectivity index (χ1n) is 7.87. The molecule has 0 unspecified atom stereocenters. The third kappa shape index (κ3) is 5.16. The van der Waals surface area contributed by atoms with Crippen molar-refractivity contribution in [3.8, 4) is 0 Å². The number of nitrogens with zero attached hydrogens (tertiary/aromatic N) is 3. The Labute approximate surface area is 150 Å². The summed E-state index contributed by atoms with van der Waals surface area (Å²) in [5, 5.41) is 2.44. The fourth-order valence-corrected chi connectivity index (χ4v) is 3.61. The van der Waals surface area contributed by atoms with Crippen molar-refractivity contribution >= 4 is 21.8 Å². The van der Waals surface area contributed by atoms with Gasteiger partial charge >= 0.3 is 6.18 Å². The fourth-order valence-electron chi connectivity index (χ4n) is 2.53. The minimum atomic E-state index is -4.48. The smallest absolute Gasteiger partial charge is 0.325 e. The largest absolute Gasteiger partial charge is 0.416 e. The highest BCUT2D eigenvalue weighted by Gasteiger charge is 2.31. The maximum Gasteiger partial charge on any atom is 0.416 e. The van der Waals surface area contributed by atoms with Gasteiger partial charge in [-0.15, -0.1) is 0 Å². The van der Waals surface area contributed by atoms with Crippen LogP contribution in [-0.2, 0) is 21.2 Å². The molecule has 0 aliphatic carbocycles. The van der Waals surface area contributed by atoms with Gasteiger partial charge in [-0.25, -0.2) is 0 Å². The number of nitrogens with one attached hydrogen (secondary N) is 1. The van der Waals surface area contributed by atoms with Gasteiger partial charge in [-0.1, -0.05) is 6.07 Å². The number of hydrogen-bond acceptors (Lipinski definition) is 4. The lowest BCUT2D eigenvalue weighted by atomic mass is 10.2. The molecule has 2 rings (SSSR count). The van der Waals surface area contributed by atoms with Gasteiger partial charge in [-0.05, 0) is 18.2 Å². The minimum absolute atomic E-state index is 0.0217. The van der Waals surface area contributed by atoms with Crippen LogP contribution in [0.15, 0.2) is 24.3 Å². The first-order chi connectivity index (χ1) is 12.0. The Bertz CT molecular complexity index is 745. The van der Waals surface area contributed by atoms with Crippen LogP contribution in [0.3, 0.4) is 0 Å². The van der Waals surface area contributed by atoms with Crippen LogP contribution in [0.2, 0.25) is 0 Å². The Morgan fingerprint density at radius 1 is 1.19 bits per heavy atom. The molecule has 0 radical (unpaired) electrons. The molecule has 0 saturated carbocycles. The van der Waals surface area contributed by atoms with Gasteiger partial charge in [0.1, 0.15) is 0 Å². The number of hydrogen-bond donors (Lipinski definition) is 1. The Balaban J connectivity index is 1.88. The summed E-state index contributed by atoms with van der Waals surface area (Å²) in [6.07, 6.45) is -4.48. The van der Waals surface area contributed by atoms with E-state index >= 15 is 0 Å². The predicted molar refractivity (Wildman–Crippen MR) is 90.7 cm³/mol. The standard InChI is InChI=1S/C15H21F3N4O3S/c1-20(2)26(24,25)22-8-6-21(7-9-22)11-14(23)19-13-5-3-4-12(10-13)15(16,17)18/h3-5,10H,6-9,11H2,1-2H3,(H,19,23). The second-order valence-corrected chi connectivity index (χ2v) is 8.23. The van der Waals surface area contributed by atoms with Crippen molar-refractivity contribution < 1.29 is 26.4 Å². The summed E-state index contributed by atoms with van der Waals surface area (Å²) in [4.78, 5) is 13.8. The molecule has 146 valence electrons. The summed E-state index contributed by atoms with van der Waals surface area (Å²) in [6, 6.07) is 4.41. The first kappa shape index (κ1) is 20.6. The number of carbonyl (C=O) groups excluding carboxylic acids is 1. The topological polar surface area (TPSA) is 73.0 Å². The summed E-state index contributed by atoms with van der Waals surface area (Å²) < 4.78 is 64.6. The zero-order valence-corrected chi connectivity index (χ0v) is 15.3. The number of anilines is 1. The molecule has 0 spiro atoms. The molecule has 1 saturated heterocycles. The van der Waals surface area contributed by atoms with Crippen LogP contribution < -0.4 is 5.32 Å². The first-order valence-corrected chi connectivity index (χ1v) is 9.27. The summed E-state index contributed by atoms with van der Waals surface area (Å²) in [7, 11) is -0.589. The number of benzene rings is 1. The molecule has 1 fully saturated rings. The van der Waals surface area contributed by atoms with Gasteiger partial charge in [0, 0.05) is 46.0 Å². The third-order valence-corrected chi connectivity index (χ3v) is 5.90. The van der Waals surface area contributed by atoms with E-state index in [1.807, 2.05) is 0 Å². The number of carbonyl (C=O) groups is 1. The van der Waals surface area contributed by atoms with E-state index < -0.39 is 27.9 Å². The predicted octanol–water partition coefficient (Wildman–Crippen LogP) is 1.07. The lowest BCUT2D eigenvalue weighted by molar-refractivity contribution is -0.137. The molecular formula is C15H21F3N4O3S. The maximum absolute atomic E-state index is 12.7. The highest BCUT2D eigenvalue weighted by Crippen LogP contribution is 2.30. The van der Waals surface area contributed by atoms with E-state index in [0.717, 1.165) is 16.4 Å². The molecule has 26 heavy (non-hydrogen) atoms. The molecule has 1 N–H and O–H groups in total. The number of amides is 1. The maximum atomic E-state index is 12.7. The molecule has 0 aromatic heterocycles. The van der Waals surface area contributed by atoms with Crippen LogP contribution in [0.4, 0.5) is 18.9 Å². The second-order valence-electron chi connectivity index (χ2n) is 6.09. The monoisotopic (exact) mass is 394 g/mol. The van der Waals surface area contributed by atoms with Crippen molar-refractivity contribution in [3.63, 3.8) is 0 Å². The molecule has 11 heteroatoms. The van der Waals surface area contributed by atoms with E-state index in [1.165, 1.54) is 30.5 Å². The van der Waals surface area contributed by atoms with E-state index in [-0.39, 0.29) is 25.3 Å².